The lowest BCUT2D eigenvalue weighted by molar-refractivity contribution is -0.125. The highest BCUT2D eigenvalue weighted by Gasteiger charge is 2.36. The highest BCUT2D eigenvalue weighted by Crippen LogP contribution is 2.30. The molecule has 4 heteroatoms. The Hall–Kier alpha value is -0.610. The van der Waals surface area contributed by atoms with Gasteiger partial charge in [0, 0.05) is 31.1 Å². The molecule has 0 aromatic rings. The van der Waals surface area contributed by atoms with Gasteiger partial charge in [0.15, 0.2) is 0 Å². The van der Waals surface area contributed by atoms with Crippen LogP contribution >= 0.6 is 0 Å². The topological polar surface area (TPSA) is 52.6 Å². The van der Waals surface area contributed by atoms with Gasteiger partial charge >= 0.3 is 0 Å². The van der Waals surface area contributed by atoms with E-state index in [0.29, 0.717) is 12.0 Å². The molecule has 2 aliphatic rings. The Balaban J connectivity index is 1.97. The summed E-state index contributed by atoms with van der Waals surface area (Å²) in [6.07, 6.45) is 5.35. The van der Waals surface area contributed by atoms with E-state index in [1.165, 1.54) is 19.3 Å². The molecule has 3 unspecified atom stereocenters. The minimum atomic E-state index is -0.240. The second kappa shape index (κ2) is 6.90. The maximum atomic E-state index is 11.9. The predicted molar refractivity (Wildman–Crippen MR) is 80.4 cm³/mol. The van der Waals surface area contributed by atoms with E-state index in [4.69, 9.17) is 0 Å². The van der Waals surface area contributed by atoms with Crippen molar-refractivity contribution in [2.24, 2.45) is 11.8 Å². The van der Waals surface area contributed by atoms with Gasteiger partial charge in [-0.3, -0.25) is 9.69 Å². The maximum absolute atomic E-state index is 11.9. The Morgan fingerprint density at radius 1 is 1.35 bits per heavy atom. The van der Waals surface area contributed by atoms with Gasteiger partial charge in [-0.25, -0.2) is 0 Å². The Labute approximate surface area is 122 Å². The molecule has 0 aromatic heterocycles. The lowest BCUT2D eigenvalue weighted by atomic mass is 9.83. The van der Waals surface area contributed by atoms with E-state index in [1.54, 1.807) is 0 Å². The second-order valence-corrected chi connectivity index (χ2v) is 6.87. The number of rotatable bonds is 5. The van der Waals surface area contributed by atoms with Crippen LogP contribution in [-0.2, 0) is 4.79 Å². The molecule has 1 amide bonds. The molecule has 2 N–H and O–H groups in total. The van der Waals surface area contributed by atoms with Crippen LogP contribution in [-0.4, -0.2) is 47.2 Å². The average Bonchev–Trinajstić information content (AvgIpc) is 2.35. The molecule has 20 heavy (non-hydrogen) atoms. The van der Waals surface area contributed by atoms with Crippen molar-refractivity contribution < 1.29 is 9.90 Å². The Bertz CT molecular complexity index is 316. The van der Waals surface area contributed by atoms with E-state index in [0.717, 1.165) is 25.9 Å². The van der Waals surface area contributed by atoms with E-state index in [1.807, 2.05) is 20.8 Å². The Kier molecular flexibility index (Phi) is 5.44. The van der Waals surface area contributed by atoms with Crippen molar-refractivity contribution in [2.45, 2.75) is 71.1 Å². The number of hydrogen-bond donors (Lipinski definition) is 2. The number of nitrogens with zero attached hydrogens (tertiary/aromatic N) is 1. The number of piperidine rings is 1. The molecule has 1 aliphatic heterocycles. The van der Waals surface area contributed by atoms with E-state index in [-0.39, 0.29) is 24.0 Å². The molecule has 0 bridgehead atoms. The van der Waals surface area contributed by atoms with Crippen LogP contribution in [0.2, 0.25) is 0 Å². The van der Waals surface area contributed by atoms with Gasteiger partial charge in [0.05, 0.1) is 6.10 Å². The average molecular weight is 282 g/mol. The molecule has 1 heterocycles. The first-order chi connectivity index (χ1) is 9.51. The lowest BCUT2D eigenvalue weighted by Crippen LogP contribution is -2.57. The van der Waals surface area contributed by atoms with Crippen molar-refractivity contribution in [3.63, 3.8) is 0 Å². The first kappa shape index (κ1) is 15.8. The van der Waals surface area contributed by atoms with Gasteiger partial charge in [-0.05, 0) is 31.6 Å². The summed E-state index contributed by atoms with van der Waals surface area (Å²) in [5.41, 5.74) is 0. The van der Waals surface area contributed by atoms with E-state index in [2.05, 4.69) is 10.2 Å². The van der Waals surface area contributed by atoms with Crippen molar-refractivity contribution in [3.8, 4) is 0 Å². The monoisotopic (exact) mass is 282 g/mol. The lowest BCUT2D eigenvalue weighted by Gasteiger charge is -2.46. The summed E-state index contributed by atoms with van der Waals surface area (Å²) in [4.78, 5) is 14.4. The summed E-state index contributed by atoms with van der Waals surface area (Å²) in [5.74, 6) is 0.464. The van der Waals surface area contributed by atoms with Gasteiger partial charge in [-0.1, -0.05) is 27.2 Å². The zero-order valence-electron chi connectivity index (χ0n) is 13.1. The van der Waals surface area contributed by atoms with Crippen molar-refractivity contribution in [1.82, 2.24) is 10.2 Å². The number of hydrogen-bond acceptors (Lipinski definition) is 3. The minimum Gasteiger partial charge on any atom is -0.393 e. The molecular formula is C16H30N2O2. The van der Waals surface area contributed by atoms with Crippen LogP contribution in [0.1, 0.15) is 52.9 Å². The quantitative estimate of drug-likeness (QED) is 0.808. The van der Waals surface area contributed by atoms with Crippen LogP contribution in [0.4, 0.5) is 0 Å². The van der Waals surface area contributed by atoms with Crippen molar-refractivity contribution in [2.75, 3.05) is 13.1 Å². The first-order valence-corrected chi connectivity index (χ1v) is 8.23. The van der Waals surface area contributed by atoms with Gasteiger partial charge in [-0.2, -0.15) is 0 Å². The molecular weight excluding hydrogens is 252 g/mol. The molecule has 0 aromatic carbocycles. The van der Waals surface area contributed by atoms with E-state index in [9.17, 15) is 9.90 Å². The highest BCUT2D eigenvalue weighted by atomic mass is 16.3. The molecule has 2 rings (SSSR count). The molecule has 0 radical (unpaired) electrons. The number of amides is 1. The van der Waals surface area contributed by atoms with Crippen LogP contribution < -0.4 is 5.32 Å². The van der Waals surface area contributed by atoms with Crippen molar-refractivity contribution in [3.05, 3.63) is 0 Å². The van der Waals surface area contributed by atoms with Gasteiger partial charge < -0.3 is 10.4 Å². The number of carbonyl (C=O) groups is 1. The van der Waals surface area contributed by atoms with E-state index >= 15 is 0 Å². The zero-order chi connectivity index (χ0) is 14.7. The molecule has 116 valence electrons. The van der Waals surface area contributed by atoms with Gasteiger partial charge in [0.2, 0.25) is 5.91 Å². The highest BCUT2D eigenvalue weighted by molar-refractivity contribution is 5.78. The van der Waals surface area contributed by atoms with Crippen LogP contribution in [0.5, 0.6) is 0 Å². The number of aliphatic hydroxyl groups excluding tert-OH is 1. The number of likely N-dealkylation sites (tertiary alicyclic amines) is 1. The van der Waals surface area contributed by atoms with Crippen LogP contribution in [0.25, 0.3) is 0 Å². The molecule has 1 aliphatic carbocycles. The fourth-order valence-corrected chi connectivity index (χ4v) is 3.31. The smallest absolute Gasteiger partial charge is 0.222 e. The van der Waals surface area contributed by atoms with Gasteiger partial charge in [0.25, 0.3) is 0 Å². The summed E-state index contributed by atoms with van der Waals surface area (Å²) in [5, 5.41) is 13.4. The third-order valence-corrected chi connectivity index (χ3v) is 4.94. The van der Waals surface area contributed by atoms with Gasteiger partial charge in [-0.15, -0.1) is 0 Å². The van der Waals surface area contributed by atoms with Crippen molar-refractivity contribution >= 4 is 5.91 Å². The SMILES string of the molecule is CCC(O)C1CC(NC(=O)C(C)C)CN(C2CCC2)C1. The zero-order valence-corrected chi connectivity index (χ0v) is 13.1. The van der Waals surface area contributed by atoms with Crippen LogP contribution in [0.15, 0.2) is 0 Å². The van der Waals surface area contributed by atoms with Crippen LogP contribution in [0.3, 0.4) is 0 Å². The summed E-state index contributed by atoms with van der Waals surface area (Å²) < 4.78 is 0. The van der Waals surface area contributed by atoms with E-state index < -0.39 is 0 Å². The van der Waals surface area contributed by atoms with Crippen LogP contribution in [0, 0.1) is 11.8 Å². The Morgan fingerprint density at radius 3 is 2.55 bits per heavy atom. The summed E-state index contributed by atoms with van der Waals surface area (Å²) in [7, 11) is 0. The summed E-state index contributed by atoms with van der Waals surface area (Å²) in [6, 6.07) is 0.880. The minimum absolute atomic E-state index is 0.0311. The Morgan fingerprint density at radius 2 is 2.05 bits per heavy atom. The summed E-state index contributed by atoms with van der Waals surface area (Å²) in [6.45, 7) is 7.85. The molecule has 1 saturated heterocycles. The third kappa shape index (κ3) is 3.73. The molecule has 3 atom stereocenters. The predicted octanol–water partition coefficient (Wildman–Crippen LogP) is 1.77. The number of nitrogens with one attached hydrogen (secondary N) is 1. The maximum Gasteiger partial charge on any atom is 0.222 e. The molecule has 1 saturated carbocycles. The molecule has 4 nitrogen and oxygen atoms in total. The second-order valence-electron chi connectivity index (χ2n) is 6.87. The van der Waals surface area contributed by atoms with Crippen molar-refractivity contribution in [1.29, 1.82) is 0 Å². The standard InChI is InChI=1S/C16H30N2O2/c1-4-15(19)12-8-13(17-16(20)11(2)3)10-18(9-12)14-6-5-7-14/h11-15,19H,4-10H2,1-3H3,(H,17,20). The molecule has 2 fully saturated rings. The first-order valence-electron chi connectivity index (χ1n) is 8.23. The third-order valence-electron chi connectivity index (χ3n) is 4.94. The fraction of sp³-hybridized carbons (Fsp3) is 0.938. The summed E-state index contributed by atoms with van der Waals surface area (Å²) >= 11 is 0. The number of carbonyl (C=O) groups excluding carboxylic acids is 1. The largest absolute Gasteiger partial charge is 0.393 e. The normalized spacial score (nSPS) is 30.1. The number of aliphatic hydroxyl groups is 1. The molecule has 0 spiro atoms. The van der Waals surface area contributed by atoms with Gasteiger partial charge in [0.1, 0.15) is 0 Å². The fourth-order valence-electron chi connectivity index (χ4n) is 3.31.